The van der Waals surface area contributed by atoms with E-state index in [-0.39, 0.29) is 0 Å². The predicted octanol–water partition coefficient (Wildman–Crippen LogP) is 18.2. The van der Waals surface area contributed by atoms with Gasteiger partial charge in [0, 0.05) is 97.1 Å². The molecule has 4 aromatic carbocycles. The molecule has 0 saturated heterocycles. The molecule has 83 heavy (non-hydrogen) atoms. The molecule has 10 aromatic rings. The van der Waals surface area contributed by atoms with Crippen molar-refractivity contribution in [2.75, 3.05) is 0 Å². The molecule has 0 atom stereocenters. The molecule has 0 bridgehead atoms. The van der Waals surface area contributed by atoms with Crippen molar-refractivity contribution in [1.29, 1.82) is 0 Å². The monoisotopic (exact) mass is 1090 g/mol. The zero-order chi connectivity index (χ0) is 59.0. The van der Waals surface area contributed by atoms with Gasteiger partial charge in [-0.05, 0) is 294 Å². The number of pyridine rings is 6. The molecule has 6 heterocycles. The second-order valence-corrected chi connectivity index (χ2v) is 24.6. The van der Waals surface area contributed by atoms with Gasteiger partial charge in [-0.1, -0.05) is 42.0 Å². The summed E-state index contributed by atoms with van der Waals surface area (Å²) in [6.07, 6.45) is 17.0. The second-order valence-electron chi connectivity index (χ2n) is 24.6. The highest BCUT2D eigenvalue weighted by Crippen LogP contribution is 2.44. The Morgan fingerprint density at radius 2 is 0.699 bits per heavy atom. The van der Waals surface area contributed by atoms with E-state index in [4.69, 9.17) is 0 Å². The van der Waals surface area contributed by atoms with Crippen molar-refractivity contribution in [3.8, 4) is 56.3 Å². The van der Waals surface area contributed by atoms with Gasteiger partial charge < -0.3 is 0 Å². The van der Waals surface area contributed by atoms with E-state index in [9.17, 15) is 0 Å². The lowest BCUT2D eigenvalue weighted by molar-refractivity contribution is 1.09. The van der Waals surface area contributed by atoms with E-state index < -0.39 is 0 Å². The summed E-state index contributed by atoms with van der Waals surface area (Å²) >= 11 is 0. The molecule has 15 rings (SSSR count). The first-order chi connectivity index (χ1) is 39.6. The highest BCUT2D eigenvalue weighted by atomic mass is 14.8. The van der Waals surface area contributed by atoms with Crippen LogP contribution in [-0.4, -0.2) is 29.9 Å². The Balaban J connectivity index is 0.000000109. The largest absolute Gasteiger partial charge is 0.260 e. The molecule has 418 valence electrons. The van der Waals surface area contributed by atoms with Gasteiger partial charge in [0.15, 0.2) is 0 Å². The third kappa shape index (κ3) is 10.1. The smallest absolute Gasteiger partial charge is 0.0759 e. The van der Waals surface area contributed by atoms with Gasteiger partial charge in [-0.3, -0.25) is 29.9 Å². The lowest BCUT2D eigenvalue weighted by atomic mass is 9.99. The normalized spacial score (nSPS) is 12.5. The van der Waals surface area contributed by atoms with Crippen molar-refractivity contribution in [2.45, 2.75) is 157 Å². The lowest BCUT2D eigenvalue weighted by Crippen LogP contribution is -1.93. The minimum absolute atomic E-state index is 0.937. The summed E-state index contributed by atoms with van der Waals surface area (Å²) in [4.78, 5) is 27.5. The van der Waals surface area contributed by atoms with Crippen LogP contribution in [0.1, 0.15) is 156 Å². The van der Waals surface area contributed by atoms with Gasteiger partial charge in [-0.25, -0.2) is 0 Å². The quantitative estimate of drug-likeness (QED) is 0.151. The minimum Gasteiger partial charge on any atom is -0.260 e. The van der Waals surface area contributed by atoms with Gasteiger partial charge in [0.25, 0.3) is 0 Å². The third-order valence-corrected chi connectivity index (χ3v) is 19.5. The second kappa shape index (κ2) is 22.2. The van der Waals surface area contributed by atoms with Crippen molar-refractivity contribution < 1.29 is 0 Å². The number of hydrogen-bond donors (Lipinski definition) is 0. The number of fused-ring (bicyclic) bond motifs is 15. The molecule has 0 amide bonds. The summed E-state index contributed by atoms with van der Waals surface area (Å²) in [5, 5.41) is 0. The van der Waals surface area contributed by atoms with Gasteiger partial charge in [-0.15, -0.1) is 0 Å². The Hall–Kier alpha value is -8.22. The van der Waals surface area contributed by atoms with Crippen molar-refractivity contribution in [2.24, 2.45) is 0 Å². The number of rotatable bonds is 0. The zero-order valence-corrected chi connectivity index (χ0v) is 52.5. The molecular weight excluding hydrogens is 1010 g/mol. The first-order valence-electron chi connectivity index (χ1n) is 29.7. The Kier molecular flexibility index (Phi) is 15.1. The van der Waals surface area contributed by atoms with Crippen LogP contribution in [0.2, 0.25) is 0 Å². The summed E-state index contributed by atoms with van der Waals surface area (Å²) in [6.45, 7) is 39.2. The summed E-state index contributed by atoms with van der Waals surface area (Å²) < 4.78 is 0. The van der Waals surface area contributed by atoms with Crippen LogP contribution in [-0.2, 0) is 32.1 Å². The zero-order valence-electron chi connectivity index (χ0n) is 52.5. The molecule has 0 spiro atoms. The molecule has 5 aliphatic carbocycles. The topological polar surface area (TPSA) is 77.3 Å². The van der Waals surface area contributed by atoms with Crippen LogP contribution in [0.15, 0.2) is 97.8 Å². The van der Waals surface area contributed by atoms with Crippen LogP contribution in [0.25, 0.3) is 56.3 Å². The van der Waals surface area contributed by atoms with Crippen LogP contribution < -0.4 is 0 Å². The molecule has 0 radical (unpaired) electrons. The molecule has 0 N–H and O–H groups in total. The summed E-state index contributed by atoms with van der Waals surface area (Å²) in [5.74, 6) is 0. The van der Waals surface area contributed by atoms with Crippen molar-refractivity contribution in [1.82, 2.24) is 29.9 Å². The number of nitrogens with zero attached hydrogens (tertiary/aromatic N) is 6. The van der Waals surface area contributed by atoms with Crippen molar-refractivity contribution in [3.63, 3.8) is 0 Å². The molecule has 0 fully saturated rings. The Morgan fingerprint density at radius 1 is 0.265 bits per heavy atom. The fourth-order valence-electron chi connectivity index (χ4n) is 13.1. The van der Waals surface area contributed by atoms with Crippen LogP contribution in [0.4, 0.5) is 0 Å². The van der Waals surface area contributed by atoms with Crippen LogP contribution in [0.5, 0.6) is 0 Å². The van der Waals surface area contributed by atoms with Crippen LogP contribution in [0.3, 0.4) is 0 Å². The SMILES string of the molecule is Cc1cc(C)c2c(c1)-c1ncc(C)c(C)c1C2.Cc1cc2c(cc1C)-c1ncc(C)c(C)c1C2.Cc1ccc2c(c1C)Cc1c-2ncc(C)c1C.Cc1cnc2c(c1C)Cc1c(C)ccc(C)c1-2.Cc1cnc2c(c1C)Cc1ncccc1-2. The van der Waals surface area contributed by atoms with E-state index in [1.807, 2.05) is 43.2 Å². The first kappa shape index (κ1) is 56.6. The first-order valence-corrected chi connectivity index (χ1v) is 29.7. The van der Waals surface area contributed by atoms with E-state index >= 15 is 0 Å². The Labute approximate surface area is 494 Å². The Bertz CT molecular complexity index is 4260. The lowest BCUT2D eigenvalue weighted by Gasteiger charge is -2.08. The molecule has 0 unspecified atom stereocenters. The molecule has 6 nitrogen and oxygen atoms in total. The highest BCUT2D eigenvalue weighted by Gasteiger charge is 2.28. The van der Waals surface area contributed by atoms with E-state index in [1.165, 1.54) is 201 Å². The predicted molar refractivity (Wildman–Crippen MR) is 345 cm³/mol. The van der Waals surface area contributed by atoms with Gasteiger partial charge in [0.05, 0.1) is 34.2 Å². The summed E-state index contributed by atoms with van der Waals surface area (Å²) in [5.41, 5.74) is 51.1. The maximum atomic E-state index is 4.66. The molecular formula is C77H80N6. The van der Waals surface area contributed by atoms with E-state index in [1.54, 1.807) is 0 Å². The number of hydrogen-bond acceptors (Lipinski definition) is 6. The number of benzene rings is 4. The molecule has 5 aliphatic rings. The van der Waals surface area contributed by atoms with Crippen LogP contribution in [0, 0.1) is 125 Å². The molecule has 0 saturated carbocycles. The molecule has 6 aromatic heterocycles. The standard InChI is InChI=1S/4C16H17N.C13H12N2/c1-9-5-13-7-14-12(4)11(3)8-17-16(14)15(13)6-10(9)2;1-9-5-10(2)13-7-14-12(4)11(3)8-17-16(14)15(13)6-9;1-9-5-6-13-14(11(9)3)7-15-12(4)10(2)8-17-16(13)15;1-9-5-6-10(2)15-13(9)7-14-12(4)11(3)8-17-16(14)15;1-8-7-15-13-10-4-3-5-14-12(10)6-11(13)9(8)2/h4*5-6,8H,7H2,1-4H3;3-5,7H,6H2,1-2H3. The van der Waals surface area contributed by atoms with Gasteiger partial charge in [0.1, 0.15) is 0 Å². The van der Waals surface area contributed by atoms with Gasteiger partial charge in [-0.2, -0.15) is 0 Å². The Morgan fingerprint density at radius 3 is 1.29 bits per heavy atom. The fourth-order valence-corrected chi connectivity index (χ4v) is 13.1. The average molecular weight is 1090 g/mol. The van der Waals surface area contributed by atoms with Crippen molar-refractivity contribution in [3.05, 3.63) is 254 Å². The highest BCUT2D eigenvalue weighted by molar-refractivity contribution is 5.81. The maximum Gasteiger partial charge on any atom is 0.0759 e. The number of aromatic nitrogens is 6. The summed E-state index contributed by atoms with van der Waals surface area (Å²) in [6, 6.07) is 22.1. The van der Waals surface area contributed by atoms with E-state index in [2.05, 4.69) is 209 Å². The average Bonchev–Trinajstić information content (AvgIpc) is 2.99. The van der Waals surface area contributed by atoms with Gasteiger partial charge in [0.2, 0.25) is 0 Å². The summed E-state index contributed by atoms with van der Waals surface area (Å²) in [7, 11) is 0. The molecule has 0 aliphatic heterocycles. The number of aryl methyl sites for hydroxylation is 12. The fraction of sp³-hybridized carbons (Fsp3) is 0.299. The van der Waals surface area contributed by atoms with Crippen LogP contribution >= 0.6 is 0 Å². The minimum atomic E-state index is 0.937. The van der Waals surface area contributed by atoms with Gasteiger partial charge >= 0.3 is 0 Å². The maximum absolute atomic E-state index is 4.66. The third-order valence-electron chi connectivity index (χ3n) is 19.5. The van der Waals surface area contributed by atoms with E-state index in [0.29, 0.717) is 0 Å². The molecule has 6 heteroatoms. The van der Waals surface area contributed by atoms with Crippen molar-refractivity contribution >= 4 is 0 Å². The van der Waals surface area contributed by atoms with E-state index in [0.717, 1.165) is 43.5 Å².